The van der Waals surface area contributed by atoms with E-state index >= 15 is 0 Å². The van der Waals surface area contributed by atoms with Crippen LogP contribution in [0.25, 0.3) is 0 Å². The van der Waals surface area contributed by atoms with E-state index in [-0.39, 0.29) is 6.09 Å². The molecule has 1 N–H and O–H groups in total. The highest BCUT2D eigenvalue weighted by Crippen LogP contribution is 2.10. The van der Waals surface area contributed by atoms with Crippen LogP contribution in [0.3, 0.4) is 0 Å². The van der Waals surface area contributed by atoms with Gasteiger partial charge in [0.25, 0.3) is 0 Å². The Morgan fingerprint density at radius 1 is 1.30 bits per heavy atom. The van der Waals surface area contributed by atoms with E-state index in [1.807, 2.05) is 20.8 Å². The van der Waals surface area contributed by atoms with Crippen LogP contribution < -0.4 is 5.32 Å². The summed E-state index contributed by atoms with van der Waals surface area (Å²) in [6.45, 7) is 12.2. The van der Waals surface area contributed by atoms with E-state index in [4.69, 9.17) is 9.47 Å². The summed E-state index contributed by atoms with van der Waals surface area (Å²) < 4.78 is 10.4. The fourth-order valence-corrected chi connectivity index (χ4v) is 1.75. The molecule has 5 nitrogen and oxygen atoms in total. The van der Waals surface area contributed by atoms with Gasteiger partial charge in [0.1, 0.15) is 5.60 Å². The molecule has 1 amide bonds. The lowest BCUT2D eigenvalue weighted by molar-refractivity contribution is 0.0276. The highest BCUT2D eigenvalue weighted by atomic mass is 16.6. The molecule has 0 saturated heterocycles. The molecule has 0 rings (SSSR count). The number of ether oxygens (including phenoxy) is 2. The quantitative estimate of drug-likeness (QED) is 0.745. The molecular weight excluding hydrogens is 256 g/mol. The Morgan fingerprint density at radius 3 is 2.40 bits per heavy atom. The van der Waals surface area contributed by atoms with Gasteiger partial charge < -0.3 is 19.7 Å². The average molecular weight is 288 g/mol. The Kier molecular flexibility index (Phi) is 8.81. The molecule has 0 aromatic heterocycles. The van der Waals surface area contributed by atoms with Crippen LogP contribution in [0.5, 0.6) is 0 Å². The molecule has 120 valence electrons. The van der Waals surface area contributed by atoms with Crippen LogP contribution in [-0.2, 0) is 9.47 Å². The maximum absolute atomic E-state index is 11.8. The second-order valence-corrected chi connectivity index (χ2v) is 6.56. The molecule has 5 heteroatoms. The zero-order valence-electron chi connectivity index (χ0n) is 14.2. The van der Waals surface area contributed by atoms with Crippen molar-refractivity contribution in [3.63, 3.8) is 0 Å². The third kappa shape index (κ3) is 10.0. The summed E-state index contributed by atoms with van der Waals surface area (Å²) in [6, 6.07) is 0.421. The molecule has 20 heavy (non-hydrogen) atoms. The number of amides is 1. The van der Waals surface area contributed by atoms with Crippen molar-refractivity contribution in [2.75, 3.05) is 33.9 Å². The Labute approximate surface area is 124 Å². The maximum atomic E-state index is 11.8. The summed E-state index contributed by atoms with van der Waals surface area (Å²) in [4.78, 5) is 13.5. The zero-order valence-corrected chi connectivity index (χ0v) is 14.2. The van der Waals surface area contributed by atoms with Crippen molar-refractivity contribution < 1.29 is 14.3 Å². The van der Waals surface area contributed by atoms with E-state index in [2.05, 4.69) is 19.2 Å². The summed E-state index contributed by atoms with van der Waals surface area (Å²) in [6.07, 6.45) is 0.724. The zero-order chi connectivity index (χ0) is 15.8. The van der Waals surface area contributed by atoms with Gasteiger partial charge >= 0.3 is 6.09 Å². The van der Waals surface area contributed by atoms with Crippen LogP contribution in [0.4, 0.5) is 4.79 Å². The SMILES string of the molecule is COCCC(C)NCC(C)CN(C)C(=O)OC(C)(C)C. The summed E-state index contributed by atoms with van der Waals surface area (Å²) in [5.74, 6) is 0.373. The Hall–Kier alpha value is -0.810. The number of methoxy groups -OCH3 is 1. The molecular formula is C15H32N2O3. The fourth-order valence-electron chi connectivity index (χ4n) is 1.75. The van der Waals surface area contributed by atoms with Crippen LogP contribution in [-0.4, -0.2) is 56.5 Å². The van der Waals surface area contributed by atoms with Gasteiger partial charge in [-0.2, -0.15) is 0 Å². The summed E-state index contributed by atoms with van der Waals surface area (Å²) in [7, 11) is 3.49. The minimum Gasteiger partial charge on any atom is -0.444 e. The monoisotopic (exact) mass is 288 g/mol. The van der Waals surface area contributed by atoms with Gasteiger partial charge in [0, 0.05) is 33.4 Å². The first-order valence-corrected chi connectivity index (χ1v) is 7.32. The minimum absolute atomic E-state index is 0.267. The van der Waals surface area contributed by atoms with Gasteiger partial charge in [-0.05, 0) is 46.6 Å². The third-order valence-electron chi connectivity index (χ3n) is 2.86. The fraction of sp³-hybridized carbons (Fsp3) is 0.933. The van der Waals surface area contributed by atoms with Crippen molar-refractivity contribution in [2.24, 2.45) is 5.92 Å². The second kappa shape index (κ2) is 9.19. The summed E-state index contributed by atoms with van der Waals surface area (Å²) in [5.41, 5.74) is -0.443. The van der Waals surface area contributed by atoms with Crippen molar-refractivity contribution in [2.45, 2.75) is 52.7 Å². The molecule has 0 aliphatic rings. The number of nitrogens with zero attached hydrogens (tertiary/aromatic N) is 1. The number of carbonyl (C=O) groups excluding carboxylic acids is 1. The predicted octanol–water partition coefficient (Wildman–Crippen LogP) is 2.50. The van der Waals surface area contributed by atoms with Crippen LogP contribution in [0.15, 0.2) is 0 Å². The van der Waals surface area contributed by atoms with Gasteiger partial charge in [-0.25, -0.2) is 4.79 Å². The van der Waals surface area contributed by atoms with Crippen LogP contribution >= 0.6 is 0 Å². The summed E-state index contributed by atoms with van der Waals surface area (Å²) in [5, 5.41) is 3.45. The molecule has 0 heterocycles. The molecule has 2 unspecified atom stereocenters. The van der Waals surface area contributed by atoms with E-state index in [1.54, 1.807) is 19.1 Å². The van der Waals surface area contributed by atoms with Gasteiger partial charge in [-0.3, -0.25) is 0 Å². The standard InChI is InChI=1S/C15H32N2O3/c1-12(10-16-13(2)8-9-19-7)11-17(6)14(18)20-15(3,4)5/h12-13,16H,8-11H2,1-7H3. The highest BCUT2D eigenvalue weighted by molar-refractivity contribution is 5.67. The lowest BCUT2D eigenvalue weighted by atomic mass is 10.1. The van der Waals surface area contributed by atoms with E-state index in [0.29, 0.717) is 18.5 Å². The molecule has 0 aromatic carbocycles. The minimum atomic E-state index is -0.443. The largest absolute Gasteiger partial charge is 0.444 e. The molecule has 0 radical (unpaired) electrons. The molecule has 0 bridgehead atoms. The van der Waals surface area contributed by atoms with Crippen LogP contribution in [0, 0.1) is 5.92 Å². The van der Waals surface area contributed by atoms with Gasteiger partial charge in [-0.15, -0.1) is 0 Å². The number of hydrogen-bond donors (Lipinski definition) is 1. The molecule has 2 atom stereocenters. The Balaban J connectivity index is 3.95. The third-order valence-corrected chi connectivity index (χ3v) is 2.86. The molecule has 0 aliphatic carbocycles. The first-order chi connectivity index (χ1) is 9.15. The number of nitrogens with one attached hydrogen (secondary N) is 1. The van der Waals surface area contributed by atoms with Gasteiger partial charge in [-0.1, -0.05) is 6.92 Å². The highest BCUT2D eigenvalue weighted by Gasteiger charge is 2.20. The van der Waals surface area contributed by atoms with E-state index in [1.165, 1.54) is 0 Å². The normalized spacial score (nSPS) is 14.8. The van der Waals surface area contributed by atoms with Crippen molar-refractivity contribution >= 4 is 6.09 Å². The van der Waals surface area contributed by atoms with Crippen molar-refractivity contribution in [3.8, 4) is 0 Å². The van der Waals surface area contributed by atoms with E-state index in [0.717, 1.165) is 19.6 Å². The average Bonchev–Trinajstić information content (AvgIpc) is 2.31. The van der Waals surface area contributed by atoms with Gasteiger partial charge in [0.2, 0.25) is 0 Å². The molecule has 0 aromatic rings. The van der Waals surface area contributed by atoms with Crippen molar-refractivity contribution in [1.29, 1.82) is 0 Å². The van der Waals surface area contributed by atoms with E-state index < -0.39 is 5.60 Å². The lowest BCUT2D eigenvalue weighted by Gasteiger charge is -2.27. The summed E-state index contributed by atoms with van der Waals surface area (Å²) >= 11 is 0. The van der Waals surface area contributed by atoms with Crippen molar-refractivity contribution in [1.82, 2.24) is 10.2 Å². The topological polar surface area (TPSA) is 50.8 Å². The maximum Gasteiger partial charge on any atom is 0.410 e. The van der Waals surface area contributed by atoms with E-state index in [9.17, 15) is 4.79 Å². The van der Waals surface area contributed by atoms with Crippen LogP contribution in [0.2, 0.25) is 0 Å². The Morgan fingerprint density at radius 2 is 1.90 bits per heavy atom. The molecule has 0 aliphatic heterocycles. The van der Waals surface area contributed by atoms with Gasteiger partial charge in [0.15, 0.2) is 0 Å². The Bertz CT molecular complexity index is 277. The molecule has 0 saturated carbocycles. The van der Waals surface area contributed by atoms with Crippen molar-refractivity contribution in [3.05, 3.63) is 0 Å². The number of rotatable bonds is 8. The first kappa shape index (κ1) is 19.2. The smallest absolute Gasteiger partial charge is 0.410 e. The second-order valence-electron chi connectivity index (χ2n) is 6.56. The number of carbonyl (C=O) groups is 1. The molecule has 0 spiro atoms. The lowest BCUT2D eigenvalue weighted by Crippen LogP contribution is -2.40. The van der Waals surface area contributed by atoms with Gasteiger partial charge in [0.05, 0.1) is 0 Å². The predicted molar refractivity (Wildman–Crippen MR) is 82.0 cm³/mol. The van der Waals surface area contributed by atoms with Crippen LogP contribution in [0.1, 0.15) is 41.0 Å². The number of hydrogen-bond acceptors (Lipinski definition) is 4. The first-order valence-electron chi connectivity index (χ1n) is 7.32. The molecule has 0 fully saturated rings.